The van der Waals surface area contributed by atoms with Crippen LogP contribution in [0.25, 0.3) is 0 Å². The lowest BCUT2D eigenvalue weighted by molar-refractivity contribution is -0.138. The van der Waals surface area contributed by atoms with Gasteiger partial charge in [0.2, 0.25) is 10.0 Å². The fourth-order valence-corrected chi connectivity index (χ4v) is 6.29. The molecule has 0 spiro atoms. The van der Waals surface area contributed by atoms with E-state index in [1.165, 1.54) is 6.07 Å². The van der Waals surface area contributed by atoms with E-state index >= 15 is 0 Å². The molecule has 0 saturated heterocycles. The van der Waals surface area contributed by atoms with Gasteiger partial charge in [-0.3, -0.25) is 4.79 Å². The van der Waals surface area contributed by atoms with Gasteiger partial charge in [-0.2, -0.15) is 0 Å². The van der Waals surface area contributed by atoms with Gasteiger partial charge in [0.05, 0.1) is 10.8 Å². The fourth-order valence-electron chi connectivity index (χ4n) is 2.68. The van der Waals surface area contributed by atoms with Gasteiger partial charge in [0.1, 0.15) is 9.23 Å². The normalized spacial score (nSPS) is 18.6. The second kappa shape index (κ2) is 6.42. The van der Waals surface area contributed by atoms with Crippen LogP contribution < -0.4 is 4.72 Å². The SMILES string of the molecule is O=C(O)CC1(NS(=O)(=O)c2cc(Cl)sc2Cl)CCCCC1. The van der Waals surface area contributed by atoms with Crippen molar-refractivity contribution in [1.29, 1.82) is 0 Å². The lowest BCUT2D eigenvalue weighted by Gasteiger charge is -2.36. The highest BCUT2D eigenvalue weighted by Gasteiger charge is 2.39. The Morgan fingerprint density at radius 2 is 1.95 bits per heavy atom. The van der Waals surface area contributed by atoms with E-state index in [0.717, 1.165) is 30.6 Å². The van der Waals surface area contributed by atoms with Gasteiger partial charge < -0.3 is 5.11 Å². The number of halogens is 2. The number of rotatable bonds is 5. The number of carboxylic acids is 1. The summed E-state index contributed by atoms with van der Waals surface area (Å²) in [4.78, 5) is 11.0. The van der Waals surface area contributed by atoms with E-state index < -0.39 is 21.5 Å². The molecule has 0 radical (unpaired) electrons. The Kier molecular flexibility index (Phi) is 5.20. The van der Waals surface area contributed by atoms with Crippen molar-refractivity contribution in [2.75, 3.05) is 0 Å². The Morgan fingerprint density at radius 3 is 2.43 bits per heavy atom. The number of nitrogens with one attached hydrogen (secondary N) is 1. The number of carbonyl (C=O) groups is 1. The fraction of sp³-hybridized carbons (Fsp3) is 0.583. The van der Waals surface area contributed by atoms with Crippen LogP contribution in [0.2, 0.25) is 8.67 Å². The molecule has 0 bridgehead atoms. The van der Waals surface area contributed by atoms with Gasteiger partial charge in [-0.25, -0.2) is 13.1 Å². The van der Waals surface area contributed by atoms with Crippen LogP contribution in [0, 0.1) is 0 Å². The number of aliphatic carboxylic acids is 1. The summed E-state index contributed by atoms with van der Waals surface area (Å²) >= 11 is 12.6. The first-order chi connectivity index (χ1) is 9.74. The zero-order valence-corrected chi connectivity index (χ0v) is 14.2. The van der Waals surface area contributed by atoms with Crippen molar-refractivity contribution in [3.63, 3.8) is 0 Å². The van der Waals surface area contributed by atoms with E-state index in [4.69, 9.17) is 28.3 Å². The maximum atomic E-state index is 12.5. The molecule has 0 aliphatic heterocycles. The van der Waals surface area contributed by atoms with Crippen molar-refractivity contribution >= 4 is 50.5 Å². The van der Waals surface area contributed by atoms with Crippen molar-refractivity contribution in [1.82, 2.24) is 4.72 Å². The minimum Gasteiger partial charge on any atom is -0.481 e. The molecule has 21 heavy (non-hydrogen) atoms. The zero-order chi connectivity index (χ0) is 15.7. The highest BCUT2D eigenvalue weighted by Crippen LogP contribution is 2.37. The molecular formula is C12H15Cl2NO4S2. The first kappa shape index (κ1) is 17.0. The van der Waals surface area contributed by atoms with Gasteiger partial charge >= 0.3 is 5.97 Å². The highest BCUT2D eigenvalue weighted by atomic mass is 35.5. The molecule has 0 unspecified atom stereocenters. The second-order valence-corrected chi connectivity index (χ2v) is 9.14. The summed E-state index contributed by atoms with van der Waals surface area (Å²) < 4.78 is 27.9. The lowest BCUT2D eigenvalue weighted by Crippen LogP contribution is -2.50. The van der Waals surface area contributed by atoms with Crippen LogP contribution in [-0.2, 0) is 14.8 Å². The Balaban J connectivity index is 2.31. The third-order valence-electron chi connectivity index (χ3n) is 3.57. The van der Waals surface area contributed by atoms with Gasteiger partial charge in [0, 0.05) is 5.54 Å². The Morgan fingerprint density at radius 1 is 1.33 bits per heavy atom. The molecule has 9 heteroatoms. The van der Waals surface area contributed by atoms with Crippen LogP contribution in [0.1, 0.15) is 38.5 Å². The average Bonchev–Trinajstić information content (AvgIpc) is 2.68. The molecule has 2 rings (SSSR count). The van der Waals surface area contributed by atoms with Crippen LogP contribution in [-0.4, -0.2) is 25.0 Å². The molecule has 2 N–H and O–H groups in total. The third-order valence-corrected chi connectivity index (χ3v) is 6.90. The lowest BCUT2D eigenvalue weighted by atomic mass is 9.80. The van der Waals surface area contributed by atoms with Crippen LogP contribution in [0.4, 0.5) is 0 Å². The molecule has 1 aromatic rings. The summed E-state index contributed by atoms with van der Waals surface area (Å²) in [7, 11) is -3.89. The van der Waals surface area contributed by atoms with Gasteiger partial charge in [-0.05, 0) is 18.9 Å². The van der Waals surface area contributed by atoms with E-state index in [0.29, 0.717) is 12.8 Å². The Labute approximate surface area is 137 Å². The average molecular weight is 372 g/mol. The molecule has 0 amide bonds. The minimum atomic E-state index is -3.89. The van der Waals surface area contributed by atoms with E-state index in [2.05, 4.69) is 4.72 Å². The van der Waals surface area contributed by atoms with Gasteiger partial charge in [0.15, 0.2) is 0 Å². The molecule has 5 nitrogen and oxygen atoms in total. The van der Waals surface area contributed by atoms with Crippen molar-refractivity contribution in [3.8, 4) is 0 Å². The second-order valence-electron chi connectivity index (χ2n) is 5.21. The molecule has 1 heterocycles. The quantitative estimate of drug-likeness (QED) is 0.829. The Bertz CT molecular complexity index is 636. The largest absolute Gasteiger partial charge is 0.481 e. The van der Waals surface area contributed by atoms with Crippen molar-refractivity contribution in [2.45, 2.75) is 49.0 Å². The maximum absolute atomic E-state index is 12.5. The standard InChI is InChI=1S/C12H15Cl2NO4S2/c13-9-6-8(11(14)20-9)21(18,19)15-12(7-10(16)17)4-2-1-3-5-12/h6,15H,1-5,7H2,(H,16,17). The summed E-state index contributed by atoms with van der Waals surface area (Å²) in [5, 5.41) is 9.08. The number of carboxylic acid groups (broad SMARTS) is 1. The van der Waals surface area contributed by atoms with E-state index in [9.17, 15) is 13.2 Å². The molecule has 1 aromatic heterocycles. The summed E-state index contributed by atoms with van der Waals surface area (Å²) in [6.45, 7) is 0. The topological polar surface area (TPSA) is 83.5 Å². The number of thiophene rings is 1. The predicted molar refractivity (Wildman–Crippen MR) is 82.7 cm³/mol. The Hall–Kier alpha value is -0.340. The van der Waals surface area contributed by atoms with Gasteiger partial charge in [0.25, 0.3) is 0 Å². The monoisotopic (exact) mass is 371 g/mol. The van der Waals surface area contributed by atoms with Gasteiger partial charge in [-0.15, -0.1) is 11.3 Å². The van der Waals surface area contributed by atoms with Crippen molar-refractivity contribution in [3.05, 3.63) is 14.7 Å². The van der Waals surface area contributed by atoms with E-state index in [1.54, 1.807) is 0 Å². The highest BCUT2D eigenvalue weighted by molar-refractivity contribution is 7.89. The predicted octanol–water partition coefficient (Wildman–Crippen LogP) is 3.51. The zero-order valence-electron chi connectivity index (χ0n) is 11.1. The summed E-state index contributed by atoms with van der Waals surface area (Å²) in [6.07, 6.45) is 3.36. The minimum absolute atomic E-state index is 0.0776. The first-order valence-corrected chi connectivity index (χ1v) is 9.50. The first-order valence-electron chi connectivity index (χ1n) is 6.45. The molecule has 0 atom stereocenters. The molecule has 1 aliphatic carbocycles. The maximum Gasteiger partial charge on any atom is 0.305 e. The van der Waals surface area contributed by atoms with Crippen LogP contribution in [0.3, 0.4) is 0 Å². The molecule has 118 valence electrons. The smallest absolute Gasteiger partial charge is 0.305 e. The van der Waals surface area contributed by atoms with E-state index in [-0.39, 0.29) is 20.0 Å². The number of sulfonamides is 1. The van der Waals surface area contributed by atoms with Gasteiger partial charge in [-0.1, -0.05) is 42.5 Å². The molecule has 0 aromatic carbocycles. The van der Waals surface area contributed by atoms with E-state index in [1.807, 2.05) is 0 Å². The molecule has 1 saturated carbocycles. The van der Waals surface area contributed by atoms with Crippen LogP contribution >= 0.6 is 34.5 Å². The summed E-state index contributed by atoms with van der Waals surface area (Å²) in [5.74, 6) is -1.02. The summed E-state index contributed by atoms with van der Waals surface area (Å²) in [6, 6.07) is 1.29. The summed E-state index contributed by atoms with van der Waals surface area (Å²) in [5.41, 5.74) is -0.944. The molecule has 1 fully saturated rings. The van der Waals surface area contributed by atoms with Crippen molar-refractivity contribution in [2.24, 2.45) is 0 Å². The molecule has 1 aliphatic rings. The number of hydrogen-bond donors (Lipinski definition) is 2. The third kappa shape index (κ3) is 4.10. The van der Waals surface area contributed by atoms with Crippen molar-refractivity contribution < 1.29 is 18.3 Å². The van der Waals surface area contributed by atoms with Crippen LogP contribution in [0.5, 0.6) is 0 Å². The molecular weight excluding hydrogens is 357 g/mol. The van der Waals surface area contributed by atoms with Crippen LogP contribution in [0.15, 0.2) is 11.0 Å². The number of hydrogen-bond acceptors (Lipinski definition) is 4.